The molecular weight excluding hydrogens is 394 g/mol. The zero-order valence-electron chi connectivity index (χ0n) is 14.6. The number of ether oxygens (including phenoxy) is 2. The number of nitrogens with zero attached hydrogens (tertiary/aromatic N) is 1. The number of aliphatic carboxylic acids is 1. The summed E-state index contributed by atoms with van der Waals surface area (Å²) in [5.41, 5.74) is 0.656. The van der Waals surface area contributed by atoms with Crippen LogP contribution in [-0.4, -0.2) is 58.5 Å². The number of hydrogen-bond donors (Lipinski definition) is 1. The van der Waals surface area contributed by atoms with Crippen LogP contribution >= 0.6 is 35.7 Å². The van der Waals surface area contributed by atoms with Crippen molar-refractivity contribution in [1.82, 2.24) is 4.90 Å². The predicted octanol–water partition coefficient (Wildman–Crippen LogP) is 3.11. The lowest BCUT2D eigenvalue weighted by atomic mass is 10.1. The van der Waals surface area contributed by atoms with Crippen LogP contribution in [0.1, 0.15) is 12.0 Å². The number of hydrogen-bond acceptors (Lipinski definition) is 7. The molecule has 6 nitrogen and oxygen atoms in total. The van der Waals surface area contributed by atoms with Crippen molar-refractivity contribution >= 4 is 58.0 Å². The number of carbonyl (C=O) groups excluding carboxylic acids is 1. The van der Waals surface area contributed by atoms with Gasteiger partial charge in [0.2, 0.25) is 0 Å². The van der Waals surface area contributed by atoms with Crippen LogP contribution in [0.25, 0.3) is 6.08 Å². The van der Waals surface area contributed by atoms with E-state index in [4.69, 9.17) is 21.7 Å². The Morgan fingerprint density at radius 3 is 2.73 bits per heavy atom. The third kappa shape index (κ3) is 4.33. The molecule has 9 heteroatoms. The van der Waals surface area contributed by atoms with Gasteiger partial charge in [0.1, 0.15) is 10.4 Å². The fourth-order valence-electron chi connectivity index (χ4n) is 2.51. The normalized spacial score (nSPS) is 16.9. The Morgan fingerprint density at radius 1 is 1.42 bits per heavy atom. The molecule has 1 amide bonds. The van der Waals surface area contributed by atoms with Crippen LogP contribution in [0.4, 0.5) is 0 Å². The van der Waals surface area contributed by atoms with Crippen LogP contribution in [0.5, 0.6) is 11.5 Å². The Bertz CT molecular complexity index is 750. The fraction of sp³-hybridized carbons (Fsp3) is 0.353. The van der Waals surface area contributed by atoms with Crippen LogP contribution in [0, 0.1) is 0 Å². The lowest BCUT2D eigenvalue weighted by Crippen LogP contribution is -2.44. The van der Waals surface area contributed by atoms with Crippen molar-refractivity contribution in [3.8, 4) is 11.5 Å². The molecule has 1 N–H and O–H groups in total. The maximum absolute atomic E-state index is 12.8. The first-order chi connectivity index (χ1) is 12.4. The number of rotatable bonds is 8. The number of carboxylic acids is 1. The second-order valence-corrected chi connectivity index (χ2v) is 7.93. The Balaban J connectivity index is 2.36. The lowest BCUT2D eigenvalue weighted by Gasteiger charge is -2.22. The zero-order chi connectivity index (χ0) is 19.3. The molecule has 1 aromatic rings. The maximum atomic E-state index is 12.8. The van der Waals surface area contributed by atoms with Crippen molar-refractivity contribution in [2.24, 2.45) is 0 Å². The van der Waals surface area contributed by atoms with Crippen LogP contribution < -0.4 is 9.47 Å². The third-order valence-corrected chi connectivity index (χ3v) is 5.71. The molecule has 140 valence electrons. The van der Waals surface area contributed by atoms with E-state index in [1.165, 1.54) is 30.9 Å². The molecule has 26 heavy (non-hydrogen) atoms. The average Bonchev–Trinajstić information content (AvgIpc) is 2.89. The summed E-state index contributed by atoms with van der Waals surface area (Å²) in [6.07, 6.45) is 3.87. The highest BCUT2D eigenvalue weighted by Gasteiger charge is 2.40. The van der Waals surface area contributed by atoms with E-state index in [-0.39, 0.29) is 4.32 Å². The molecule has 0 aromatic heterocycles. The summed E-state index contributed by atoms with van der Waals surface area (Å²) in [5.74, 6) is 0.197. The molecular formula is C17H19NO5S3. The number of thioether (sulfide) groups is 2. The highest BCUT2D eigenvalue weighted by atomic mass is 32.2. The van der Waals surface area contributed by atoms with Crippen LogP contribution in [0.3, 0.4) is 0 Å². The van der Waals surface area contributed by atoms with Gasteiger partial charge in [0.15, 0.2) is 11.5 Å². The van der Waals surface area contributed by atoms with E-state index in [1.54, 1.807) is 24.3 Å². The molecule has 1 atom stereocenters. The maximum Gasteiger partial charge on any atom is 0.326 e. The molecule has 0 saturated carbocycles. The molecule has 0 bridgehead atoms. The summed E-state index contributed by atoms with van der Waals surface area (Å²) < 4.78 is 10.9. The number of thiocarbonyl (C=S) groups is 1. The number of methoxy groups -OCH3 is 2. The quantitative estimate of drug-likeness (QED) is 0.515. The number of para-hydroxylation sites is 1. The average molecular weight is 414 g/mol. The molecule has 0 spiro atoms. The van der Waals surface area contributed by atoms with Crippen molar-refractivity contribution in [2.75, 3.05) is 26.2 Å². The highest BCUT2D eigenvalue weighted by molar-refractivity contribution is 8.26. The summed E-state index contributed by atoms with van der Waals surface area (Å²) in [4.78, 5) is 25.9. The molecule has 1 aromatic carbocycles. The summed E-state index contributed by atoms with van der Waals surface area (Å²) in [6, 6.07) is 4.36. The molecule has 1 aliphatic heterocycles. The Morgan fingerprint density at radius 2 is 2.15 bits per heavy atom. The van der Waals surface area contributed by atoms with Crippen LogP contribution in [0.2, 0.25) is 0 Å². The largest absolute Gasteiger partial charge is 0.493 e. The number of benzene rings is 1. The van der Waals surface area contributed by atoms with Crippen LogP contribution in [0.15, 0.2) is 23.1 Å². The Hall–Kier alpha value is -1.71. The van der Waals surface area contributed by atoms with Crippen molar-refractivity contribution in [3.05, 3.63) is 28.7 Å². The van der Waals surface area contributed by atoms with Crippen molar-refractivity contribution in [2.45, 2.75) is 12.5 Å². The molecule has 1 heterocycles. The van der Waals surface area contributed by atoms with Gasteiger partial charge < -0.3 is 14.6 Å². The van der Waals surface area contributed by atoms with Gasteiger partial charge in [0, 0.05) is 5.56 Å². The summed E-state index contributed by atoms with van der Waals surface area (Å²) >= 11 is 7.88. The predicted molar refractivity (Wildman–Crippen MR) is 109 cm³/mol. The molecule has 1 saturated heterocycles. The molecule has 0 radical (unpaired) electrons. The number of carboxylic acid groups (broad SMARTS) is 1. The first-order valence-corrected chi connectivity index (χ1v) is 10.3. The van der Waals surface area contributed by atoms with Gasteiger partial charge in [-0.25, -0.2) is 4.79 Å². The highest BCUT2D eigenvalue weighted by Crippen LogP contribution is 2.38. The lowest BCUT2D eigenvalue weighted by molar-refractivity contribution is -0.145. The minimum atomic E-state index is -1.06. The van der Waals surface area contributed by atoms with Crippen LogP contribution in [-0.2, 0) is 9.59 Å². The van der Waals surface area contributed by atoms with Gasteiger partial charge >= 0.3 is 5.97 Å². The Labute approximate surface area is 165 Å². The smallest absolute Gasteiger partial charge is 0.326 e. The Kier molecular flexibility index (Phi) is 7.36. The number of carbonyl (C=O) groups is 2. The van der Waals surface area contributed by atoms with Crippen molar-refractivity contribution < 1.29 is 24.2 Å². The SMILES string of the molecule is COc1cccc(/C=C2/SC(=S)N([C@H](CCSC)C(=O)O)C2=O)c1OC. The summed E-state index contributed by atoms with van der Waals surface area (Å²) in [6.45, 7) is 0. The zero-order valence-corrected chi connectivity index (χ0v) is 17.0. The van der Waals surface area contributed by atoms with Gasteiger partial charge in [-0.3, -0.25) is 9.69 Å². The van der Waals surface area contributed by atoms with E-state index in [2.05, 4.69) is 0 Å². The second kappa shape index (κ2) is 9.29. The fourth-order valence-corrected chi connectivity index (χ4v) is 4.31. The monoisotopic (exact) mass is 413 g/mol. The van der Waals surface area contributed by atoms with Crippen molar-refractivity contribution in [3.63, 3.8) is 0 Å². The van der Waals surface area contributed by atoms with Gasteiger partial charge in [-0.2, -0.15) is 11.8 Å². The molecule has 1 fully saturated rings. The van der Waals surface area contributed by atoms with E-state index in [9.17, 15) is 14.7 Å². The summed E-state index contributed by atoms with van der Waals surface area (Å²) in [5, 5.41) is 9.49. The van der Waals surface area contributed by atoms with E-state index in [0.717, 1.165) is 11.8 Å². The van der Waals surface area contributed by atoms with Crippen molar-refractivity contribution in [1.29, 1.82) is 0 Å². The van der Waals surface area contributed by atoms with Gasteiger partial charge in [-0.05, 0) is 30.6 Å². The first kappa shape index (κ1) is 20.6. The van der Waals surface area contributed by atoms with Gasteiger partial charge in [0.25, 0.3) is 5.91 Å². The van der Waals surface area contributed by atoms with E-state index in [0.29, 0.717) is 34.1 Å². The minimum absolute atomic E-state index is 0.247. The first-order valence-electron chi connectivity index (χ1n) is 7.64. The second-order valence-electron chi connectivity index (χ2n) is 5.27. The standard InChI is InChI=1S/C17H19NO5S3/c1-22-12-6-4-5-10(14(12)23-2)9-13-15(19)18(17(24)26-13)11(16(20)21)7-8-25-3/h4-6,9,11H,7-8H2,1-3H3,(H,20,21)/b13-9+/t11-/m1/s1. The van der Waals surface area contributed by atoms with E-state index < -0.39 is 17.9 Å². The van der Waals surface area contributed by atoms with Gasteiger partial charge in [0.05, 0.1) is 19.1 Å². The summed E-state index contributed by atoms with van der Waals surface area (Å²) in [7, 11) is 3.05. The van der Waals surface area contributed by atoms with Gasteiger partial charge in [-0.15, -0.1) is 0 Å². The van der Waals surface area contributed by atoms with Gasteiger partial charge in [-0.1, -0.05) is 36.1 Å². The molecule has 1 aliphatic rings. The third-order valence-electron chi connectivity index (χ3n) is 3.74. The molecule has 0 aliphatic carbocycles. The van der Waals surface area contributed by atoms with E-state index >= 15 is 0 Å². The molecule has 2 rings (SSSR count). The topological polar surface area (TPSA) is 76.1 Å². The minimum Gasteiger partial charge on any atom is -0.493 e. The number of amides is 1. The van der Waals surface area contributed by atoms with E-state index in [1.807, 2.05) is 6.26 Å². The molecule has 0 unspecified atom stereocenters.